The summed E-state index contributed by atoms with van der Waals surface area (Å²) in [5, 5.41) is 4.45. The Kier molecular flexibility index (Phi) is 6.92. The fraction of sp³-hybridized carbons (Fsp3) is 0.667. The van der Waals surface area contributed by atoms with Gasteiger partial charge >= 0.3 is 0 Å². The van der Waals surface area contributed by atoms with Gasteiger partial charge in [-0.05, 0) is 39.2 Å². The van der Waals surface area contributed by atoms with Gasteiger partial charge in [0.2, 0.25) is 0 Å². The van der Waals surface area contributed by atoms with Crippen molar-refractivity contribution in [3.05, 3.63) is 18.1 Å². The Hall–Kier alpha value is -0.360. The number of thioether (sulfide) groups is 1. The van der Waals surface area contributed by atoms with Crippen LogP contribution >= 0.6 is 24.2 Å². The first kappa shape index (κ1) is 15.7. The van der Waals surface area contributed by atoms with Gasteiger partial charge in [-0.25, -0.2) is 4.98 Å². The van der Waals surface area contributed by atoms with Gasteiger partial charge in [0.05, 0.1) is 5.69 Å². The molecule has 0 aromatic carbocycles. The first-order valence-corrected chi connectivity index (χ1v) is 7.28. The Bertz CT molecular complexity index is 358. The van der Waals surface area contributed by atoms with E-state index in [0.717, 1.165) is 30.4 Å². The molecule has 18 heavy (non-hydrogen) atoms. The molecular weight excluding hydrogens is 268 g/mol. The van der Waals surface area contributed by atoms with E-state index in [1.165, 1.54) is 12.8 Å². The van der Waals surface area contributed by atoms with Crippen molar-refractivity contribution in [3.63, 3.8) is 0 Å². The minimum Gasteiger partial charge on any atom is -0.317 e. The first-order valence-electron chi connectivity index (χ1n) is 6.06. The molecule has 0 spiro atoms. The molecule has 0 aliphatic carbocycles. The van der Waals surface area contributed by atoms with Gasteiger partial charge in [-0.2, -0.15) is 0 Å². The van der Waals surface area contributed by atoms with E-state index in [0.29, 0.717) is 6.04 Å². The van der Waals surface area contributed by atoms with Crippen LogP contribution in [0.5, 0.6) is 0 Å². The first-order chi connectivity index (χ1) is 8.31. The van der Waals surface area contributed by atoms with Gasteiger partial charge in [0.25, 0.3) is 0 Å². The summed E-state index contributed by atoms with van der Waals surface area (Å²) in [6.07, 6.45) is 8.06. The van der Waals surface area contributed by atoms with Crippen LogP contribution in [-0.4, -0.2) is 47.3 Å². The lowest BCUT2D eigenvalue weighted by atomic mass is 10.1. The average Bonchev–Trinajstić information content (AvgIpc) is 2.40. The number of nitrogens with zero attached hydrogens (tertiary/aromatic N) is 3. The predicted octanol–water partition coefficient (Wildman–Crippen LogP) is 1.80. The maximum atomic E-state index is 4.44. The maximum Gasteiger partial charge on any atom is 0.119 e. The molecule has 0 atom stereocenters. The lowest BCUT2D eigenvalue weighted by Crippen LogP contribution is -2.40. The molecule has 1 fully saturated rings. The van der Waals surface area contributed by atoms with E-state index in [2.05, 4.69) is 33.5 Å². The van der Waals surface area contributed by atoms with Crippen molar-refractivity contribution in [1.29, 1.82) is 0 Å². The van der Waals surface area contributed by atoms with E-state index >= 15 is 0 Å². The lowest BCUT2D eigenvalue weighted by Gasteiger charge is -2.31. The zero-order valence-electron chi connectivity index (χ0n) is 10.9. The SMILES string of the molecule is CSc1nccnc1CN(C)C1CCNCC1.Cl. The zero-order chi connectivity index (χ0) is 12.1. The van der Waals surface area contributed by atoms with Gasteiger partial charge < -0.3 is 5.32 Å². The van der Waals surface area contributed by atoms with Gasteiger partial charge in [0, 0.05) is 25.0 Å². The largest absolute Gasteiger partial charge is 0.317 e. The standard InChI is InChI=1S/C12H20N4S.ClH/c1-16(10-3-5-13-6-4-10)9-11-12(17-2)15-8-7-14-11;/h7-8,10,13H,3-6,9H2,1-2H3;1H. The second-order valence-corrected chi connectivity index (χ2v) is 5.20. The van der Waals surface area contributed by atoms with Gasteiger partial charge in [0.15, 0.2) is 0 Å². The van der Waals surface area contributed by atoms with Crippen LogP contribution in [0, 0.1) is 0 Å². The third-order valence-electron chi connectivity index (χ3n) is 3.26. The Balaban J connectivity index is 0.00000162. The van der Waals surface area contributed by atoms with E-state index in [9.17, 15) is 0 Å². The monoisotopic (exact) mass is 288 g/mol. The van der Waals surface area contributed by atoms with Crippen molar-refractivity contribution in [2.24, 2.45) is 0 Å². The summed E-state index contributed by atoms with van der Waals surface area (Å²) in [6, 6.07) is 0.674. The fourth-order valence-corrected chi connectivity index (χ4v) is 2.76. The summed E-state index contributed by atoms with van der Waals surface area (Å²) in [5.74, 6) is 0. The van der Waals surface area contributed by atoms with Crippen LogP contribution in [-0.2, 0) is 6.54 Å². The summed E-state index contributed by atoms with van der Waals surface area (Å²) >= 11 is 1.67. The van der Waals surface area contributed by atoms with Gasteiger partial charge in [0.1, 0.15) is 5.03 Å². The number of halogens is 1. The zero-order valence-corrected chi connectivity index (χ0v) is 12.6. The number of hydrogen-bond donors (Lipinski definition) is 1. The highest BCUT2D eigenvalue weighted by Gasteiger charge is 2.19. The van der Waals surface area contributed by atoms with Gasteiger partial charge in [-0.15, -0.1) is 24.2 Å². The van der Waals surface area contributed by atoms with E-state index < -0.39 is 0 Å². The molecule has 0 saturated carbocycles. The van der Waals surface area contributed by atoms with Gasteiger partial charge in [-0.1, -0.05) is 0 Å². The molecule has 1 saturated heterocycles. The Labute approximate surface area is 119 Å². The molecular formula is C12H21ClN4S. The predicted molar refractivity (Wildman–Crippen MR) is 78.4 cm³/mol. The number of nitrogens with one attached hydrogen (secondary N) is 1. The Morgan fingerprint density at radius 3 is 2.67 bits per heavy atom. The molecule has 4 nitrogen and oxygen atoms in total. The molecule has 1 aliphatic heterocycles. The maximum absolute atomic E-state index is 4.44. The van der Waals surface area contributed by atoms with Crippen molar-refractivity contribution in [2.75, 3.05) is 26.4 Å². The molecule has 1 aliphatic rings. The number of piperidine rings is 1. The van der Waals surface area contributed by atoms with E-state index in [1.807, 2.05) is 0 Å². The highest BCUT2D eigenvalue weighted by atomic mass is 35.5. The van der Waals surface area contributed by atoms with E-state index in [-0.39, 0.29) is 12.4 Å². The topological polar surface area (TPSA) is 41.1 Å². The van der Waals surface area contributed by atoms with Crippen molar-refractivity contribution in [1.82, 2.24) is 20.2 Å². The second kappa shape index (κ2) is 7.94. The van der Waals surface area contributed by atoms with Crippen LogP contribution in [0.2, 0.25) is 0 Å². The summed E-state index contributed by atoms with van der Waals surface area (Å²) in [5.41, 5.74) is 1.10. The quantitative estimate of drug-likeness (QED) is 0.856. The normalized spacial score (nSPS) is 16.6. The van der Waals surface area contributed by atoms with E-state index in [4.69, 9.17) is 0 Å². The molecule has 1 aromatic heterocycles. The smallest absolute Gasteiger partial charge is 0.119 e. The molecule has 0 radical (unpaired) electrons. The Morgan fingerprint density at radius 1 is 1.33 bits per heavy atom. The van der Waals surface area contributed by atoms with Gasteiger partial charge in [-0.3, -0.25) is 9.88 Å². The molecule has 102 valence electrons. The Morgan fingerprint density at radius 2 is 2.00 bits per heavy atom. The highest BCUT2D eigenvalue weighted by molar-refractivity contribution is 7.98. The molecule has 1 N–H and O–H groups in total. The van der Waals surface area contributed by atoms with Crippen molar-refractivity contribution in [3.8, 4) is 0 Å². The molecule has 0 amide bonds. The molecule has 2 heterocycles. The number of rotatable bonds is 4. The molecule has 0 bridgehead atoms. The number of hydrogen-bond acceptors (Lipinski definition) is 5. The minimum absolute atomic E-state index is 0. The van der Waals surface area contributed by atoms with Crippen LogP contribution in [0.15, 0.2) is 17.4 Å². The molecule has 1 aromatic rings. The third kappa shape index (κ3) is 4.09. The van der Waals surface area contributed by atoms with Crippen molar-refractivity contribution >= 4 is 24.2 Å². The van der Waals surface area contributed by atoms with Crippen LogP contribution < -0.4 is 5.32 Å². The number of aromatic nitrogens is 2. The van der Waals surface area contributed by atoms with Crippen molar-refractivity contribution in [2.45, 2.75) is 30.5 Å². The summed E-state index contributed by atoms with van der Waals surface area (Å²) in [6.45, 7) is 3.16. The average molecular weight is 289 g/mol. The summed E-state index contributed by atoms with van der Waals surface area (Å²) in [7, 11) is 2.19. The van der Waals surface area contributed by atoms with E-state index in [1.54, 1.807) is 24.2 Å². The third-order valence-corrected chi connectivity index (χ3v) is 3.99. The lowest BCUT2D eigenvalue weighted by molar-refractivity contribution is 0.188. The van der Waals surface area contributed by atoms with Crippen LogP contribution in [0.3, 0.4) is 0 Å². The van der Waals surface area contributed by atoms with Crippen LogP contribution in [0.4, 0.5) is 0 Å². The van der Waals surface area contributed by atoms with Crippen LogP contribution in [0.25, 0.3) is 0 Å². The molecule has 0 unspecified atom stereocenters. The summed E-state index contributed by atoms with van der Waals surface area (Å²) < 4.78 is 0. The summed E-state index contributed by atoms with van der Waals surface area (Å²) in [4.78, 5) is 11.2. The highest BCUT2D eigenvalue weighted by Crippen LogP contribution is 2.18. The molecule has 2 rings (SSSR count). The van der Waals surface area contributed by atoms with Crippen molar-refractivity contribution < 1.29 is 0 Å². The fourth-order valence-electron chi connectivity index (χ4n) is 2.25. The second-order valence-electron chi connectivity index (χ2n) is 4.41. The van der Waals surface area contributed by atoms with Crippen LogP contribution in [0.1, 0.15) is 18.5 Å². The molecule has 6 heteroatoms. The minimum atomic E-state index is 0.